The van der Waals surface area contributed by atoms with Gasteiger partial charge in [0.05, 0.1) is 6.54 Å². The lowest BCUT2D eigenvalue weighted by Crippen LogP contribution is -2.45. The molecule has 43 valence electrons. The van der Waals surface area contributed by atoms with Crippen LogP contribution >= 0.6 is 0 Å². The van der Waals surface area contributed by atoms with Gasteiger partial charge in [0.25, 0.3) is 0 Å². The Hall–Kier alpha value is -0.900. The largest absolute Gasteiger partial charge is 0.296 e. The predicted octanol–water partition coefficient (Wildman–Crippen LogP) is -1.61. The van der Waals surface area contributed by atoms with Crippen molar-refractivity contribution < 1.29 is 9.59 Å². The van der Waals surface area contributed by atoms with E-state index in [2.05, 4.69) is 10.6 Å². The summed E-state index contributed by atoms with van der Waals surface area (Å²) < 4.78 is 0. The van der Waals surface area contributed by atoms with Crippen molar-refractivity contribution >= 4 is 11.8 Å². The first-order valence-electron chi connectivity index (χ1n) is 2.19. The molecule has 0 unspecified atom stereocenters. The molecule has 0 aromatic heterocycles. The minimum Gasteiger partial charge on any atom is -0.296 e. The van der Waals surface area contributed by atoms with E-state index in [0.29, 0.717) is 0 Å². The van der Waals surface area contributed by atoms with E-state index in [1.807, 2.05) is 0 Å². The van der Waals surface area contributed by atoms with Crippen LogP contribution in [0.3, 0.4) is 0 Å². The number of rotatable bonds is 0. The van der Waals surface area contributed by atoms with Gasteiger partial charge in [-0.3, -0.25) is 20.2 Å². The van der Waals surface area contributed by atoms with E-state index >= 15 is 0 Å². The molecule has 8 heavy (non-hydrogen) atoms. The fourth-order valence-corrected chi connectivity index (χ4v) is 0.454. The zero-order chi connectivity index (χ0) is 5.98. The lowest BCUT2D eigenvalue weighted by molar-refractivity contribution is -0.130. The Morgan fingerprint density at radius 2 is 2.25 bits per heavy atom. The average molecular weight is 113 g/mol. The Labute approximate surface area is 46.3 Å². The first-order chi connectivity index (χ1) is 3.79. The summed E-state index contributed by atoms with van der Waals surface area (Å²) in [6.45, 7) is 1.42. The molecule has 1 aliphatic heterocycles. The first kappa shape index (κ1) is 5.24. The molecule has 0 aliphatic carbocycles. The highest BCUT2D eigenvalue weighted by molar-refractivity contribution is 6.02. The molecule has 1 fully saturated rings. The molecule has 0 bridgehead atoms. The van der Waals surface area contributed by atoms with Gasteiger partial charge < -0.3 is 0 Å². The van der Waals surface area contributed by atoms with E-state index in [1.54, 1.807) is 0 Å². The molecule has 2 amide bonds. The molecule has 1 heterocycles. The summed E-state index contributed by atoms with van der Waals surface area (Å²) in [6.07, 6.45) is 0. The SMILES string of the molecule is O=C1[CH]NCC(=O)N1. The highest BCUT2D eigenvalue weighted by atomic mass is 16.2. The van der Waals surface area contributed by atoms with Gasteiger partial charge in [0, 0.05) is 0 Å². The zero-order valence-electron chi connectivity index (χ0n) is 4.10. The molecule has 1 saturated heterocycles. The standard InChI is InChI=1S/C4H5N2O2/c7-3-1-5-2-4(8)6-3/h1,5H,2H2,(H,6,7,8). The summed E-state index contributed by atoms with van der Waals surface area (Å²) in [5.41, 5.74) is 0. The maximum absolute atomic E-state index is 10.3. The number of hydrogen-bond acceptors (Lipinski definition) is 3. The maximum atomic E-state index is 10.3. The van der Waals surface area contributed by atoms with E-state index in [0.717, 1.165) is 0 Å². The lowest BCUT2D eigenvalue weighted by Gasteiger charge is -2.09. The zero-order valence-corrected chi connectivity index (χ0v) is 4.10. The Bertz CT molecular complexity index is 118. The van der Waals surface area contributed by atoms with Crippen LogP contribution in [0.4, 0.5) is 0 Å². The van der Waals surface area contributed by atoms with Crippen molar-refractivity contribution in [2.75, 3.05) is 6.54 Å². The van der Waals surface area contributed by atoms with Crippen LogP contribution in [0.15, 0.2) is 0 Å². The molecule has 1 aliphatic rings. The van der Waals surface area contributed by atoms with Crippen LogP contribution in [0.5, 0.6) is 0 Å². The number of amides is 2. The Balaban J connectivity index is 2.45. The molecule has 4 nitrogen and oxygen atoms in total. The molecule has 0 aromatic rings. The van der Waals surface area contributed by atoms with Crippen LogP contribution in [0.25, 0.3) is 0 Å². The van der Waals surface area contributed by atoms with Crippen molar-refractivity contribution in [3.63, 3.8) is 0 Å². The number of hydrogen-bond donors (Lipinski definition) is 2. The van der Waals surface area contributed by atoms with Gasteiger partial charge in [-0.2, -0.15) is 0 Å². The Morgan fingerprint density at radius 3 is 2.62 bits per heavy atom. The number of imide groups is 1. The molecule has 0 spiro atoms. The van der Waals surface area contributed by atoms with Crippen LogP contribution in [0, 0.1) is 6.54 Å². The number of nitrogens with one attached hydrogen (secondary N) is 2. The van der Waals surface area contributed by atoms with E-state index in [-0.39, 0.29) is 18.4 Å². The fraction of sp³-hybridized carbons (Fsp3) is 0.250. The monoisotopic (exact) mass is 113 g/mol. The van der Waals surface area contributed by atoms with Gasteiger partial charge in [-0.15, -0.1) is 0 Å². The molecule has 1 radical (unpaired) electrons. The minimum atomic E-state index is -0.374. The van der Waals surface area contributed by atoms with Crippen molar-refractivity contribution in [3.8, 4) is 0 Å². The van der Waals surface area contributed by atoms with E-state index < -0.39 is 0 Å². The van der Waals surface area contributed by atoms with Gasteiger partial charge in [0.1, 0.15) is 6.54 Å². The van der Waals surface area contributed by atoms with Crippen molar-refractivity contribution in [3.05, 3.63) is 6.54 Å². The molecule has 0 atom stereocenters. The van der Waals surface area contributed by atoms with Crippen LogP contribution in [-0.2, 0) is 9.59 Å². The van der Waals surface area contributed by atoms with Gasteiger partial charge in [-0.25, -0.2) is 0 Å². The third-order valence-electron chi connectivity index (χ3n) is 0.758. The Kier molecular flexibility index (Phi) is 1.26. The summed E-state index contributed by atoms with van der Waals surface area (Å²) in [6, 6.07) is 0. The minimum absolute atomic E-state index is 0.200. The van der Waals surface area contributed by atoms with E-state index in [1.165, 1.54) is 6.54 Å². The second-order valence-corrected chi connectivity index (χ2v) is 1.44. The average Bonchev–Trinajstić information content (AvgIpc) is 1.64. The molecule has 4 heteroatoms. The second-order valence-electron chi connectivity index (χ2n) is 1.44. The van der Waals surface area contributed by atoms with Gasteiger partial charge in [0.15, 0.2) is 0 Å². The highest BCUT2D eigenvalue weighted by Gasteiger charge is 2.12. The van der Waals surface area contributed by atoms with Crippen molar-refractivity contribution in [1.29, 1.82) is 0 Å². The smallest absolute Gasteiger partial charge is 0.245 e. The molecule has 0 aromatic carbocycles. The van der Waals surface area contributed by atoms with E-state index in [9.17, 15) is 9.59 Å². The summed E-state index contributed by atoms with van der Waals surface area (Å²) >= 11 is 0. The highest BCUT2D eigenvalue weighted by Crippen LogP contribution is 1.78. The quantitative estimate of drug-likeness (QED) is 0.372. The maximum Gasteiger partial charge on any atom is 0.245 e. The predicted molar refractivity (Wildman–Crippen MR) is 25.5 cm³/mol. The van der Waals surface area contributed by atoms with Gasteiger partial charge in [-0.05, 0) is 0 Å². The molecule has 2 N–H and O–H groups in total. The van der Waals surface area contributed by atoms with Gasteiger partial charge >= 0.3 is 0 Å². The summed E-state index contributed by atoms with van der Waals surface area (Å²) in [4.78, 5) is 20.5. The molecule has 1 rings (SSSR count). The summed E-state index contributed by atoms with van der Waals surface area (Å²) in [7, 11) is 0. The number of piperazine rings is 1. The van der Waals surface area contributed by atoms with Crippen molar-refractivity contribution in [2.45, 2.75) is 0 Å². The third kappa shape index (κ3) is 1.04. The first-order valence-corrected chi connectivity index (χ1v) is 2.19. The number of carbonyl (C=O) groups is 2. The van der Waals surface area contributed by atoms with Crippen LogP contribution in [0.1, 0.15) is 0 Å². The van der Waals surface area contributed by atoms with Gasteiger partial charge in [0.2, 0.25) is 11.8 Å². The van der Waals surface area contributed by atoms with E-state index in [4.69, 9.17) is 0 Å². The molecular weight excluding hydrogens is 108 g/mol. The third-order valence-corrected chi connectivity index (χ3v) is 0.758. The Morgan fingerprint density at radius 1 is 1.50 bits per heavy atom. The topological polar surface area (TPSA) is 58.2 Å². The molecular formula is C4H5N2O2. The summed E-state index contributed by atoms with van der Waals surface area (Å²) in [5.74, 6) is -0.654. The van der Waals surface area contributed by atoms with Crippen LogP contribution in [0.2, 0.25) is 0 Å². The number of carbonyl (C=O) groups excluding carboxylic acids is 2. The molecule has 0 saturated carbocycles. The van der Waals surface area contributed by atoms with Crippen LogP contribution in [-0.4, -0.2) is 18.4 Å². The second kappa shape index (κ2) is 1.92. The fourth-order valence-electron chi connectivity index (χ4n) is 0.454. The van der Waals surface area contributed by atoms with Crippen molar-refractivity contribution in [2.24, 2.45) is 0 Å². The van der Waals surface area contributed by atoms with Crippen LogP contribution < -0.4 is 10.6 Å². The lowest BCUT2D eigenvalue weighted by atomic mass is 10.4. The van der Waals surface area contributed by atoms with Gasteiger partial charge in [-0.1, -0.05) is 0 Å². The normalized spacial score (nSPS) is 20.5. The summed E-state index contributed by atoms with van der Waals surface area (Å²) in [5, 5.41) is 4.58. The van der Waals surface area contributed by atoms with Crippen molar-refractivity contribution in [1.82, 2.24) is 10.6 Å².